The van der Waals surface area contributed by atoms with Crippen LogP contribution in [0.25, 0.3) is 0 Å². The molecule has 0 saturated heterocycles. The van der Waals surface area contributed by atoms with Crippen molar-refractivity contribution >= 4 is 11.6 Å². The molecule has 0 amide bonds. The Bertz CT molecular complexity index is 178. The average molecular weight is 319 g/mol. The minimum atomic E-state index is -1.39. The molecule has 0 radical (unpaired) electrons. The van der Waals surface area contributed by atoms with Crippen LogP contribution < -0.4 is 3.40 Å². The summed E-state index contributed by atoms with van der Waals surface area (Å²) in [5.74, 6) is 0.681. The van der Waals surface area contributed by atoms with Crippen LogP contribution >= 0.6 is 8.25 Å². The molecule has 0 aliphatic heterocycles. The van der Waals surface area contributed by atoms with Crippen molar-refractivity contribution in [1.82, 2.24) is 10.1 Å². The van der Waals surface area contributed by atoms with E-state index in [2.05, 4.69) is 10.1 Å². The Morgan fingerprint density at radius 2 is 2.50 bits per heavy atom. The van der Waals surface area contributed by atoms with Gasteiger partial charge in [-0.05, 0) is 0 Å². The Kier molecular flexibility index (Phi) is 2.25. The van der Waals surface area contributed by atoms with Gasteiger partial charge in [0, 0.05) is 0 Å². The first-order valence-electron chi connectivity index (χ1n) is 2.18. The van der Waals surface area contributed by atoms with E-state index in [0.29, 0.717) is 9.22 Å². The molecule has 0 spiro atoms. The molecule has 0 bridgehead atoms. The second-order valence-electron chi connectivity index (χ2n) is 1.37. The van der Waals surface area contributed by atoms with Crippen LogP contribution in [0.5, 0.6) is 0 Å². The molecule has 0 atom stereocenters. The minimum absolute atomic E-state index is 0.681. The van der Waals surface area contributed by atoms with Gasteiger partial charge in [-0.15, -0.1) is 0 Å². The van der Waals surface area contributed by atoms with Gasteiger partial charge in [-0.3, -0.25) is 0 Å². The monoisotopic (exact) mass is 320 g/mol. The molecule has 0 aliphatic carbocycles. The first-order valence-corrected chi connectivity index (χ1v) is 11.7. The number of nitrogens with zero attached hydrogens (tertiary/aromatic N) is 2. The van der Waals surface area contributed by atoms with Gasteiger partial charge in [0.1, 0.15) is 0 Å². The molecule has 0 unspecified atom stereocenters. The Balaban J connectivity index is 2.84. The summed E-state index contributed by atoms with van der Waals surface area (Å²) in [4.78, 5) is 3.92. The quantitative estimate of drug-likeness (QED) is 0.696. The summed E-state index contributed by atoms with van der Waals surface area (Å²) in [6.07, 6.45) is 0. The summed E-state index contributed by atoms with van der Waals surface area (Å²) >= 11 is -1.39. The molecule has 1 rings (SSSR count). The van der Waals surface area contributed by atoms with Gasteiger partial charge in [0.2, 0.25) is 0 Å². The number of aryl methyl sites for hydroxylation is 1. The van der Waals surface area contributed by atoms with Crippen LogP contribution in [-0.2, 0) is 23.3 Å². The number of halogens is 1. The van der Waals surface area contributed by atoms with Crippen molar-refractivity contribution in [2.45, 2.75) is 6.92 Å². The van der Waals surface area contributed by atoms with E-state index in [4.69, 9.17) is 12.8 Å². The maximum absolute atomic E-state index is 5.57. The first-order chi connectivity index (χ1) is 3.83. The Hall–Kier alpha value is 0.365. The molecule has 0 aromatic carbocycles. The van der Waals surface area contributed by atoms with E-state index in [1.807, 2.05) is 0 Å². The van der Waals surface area contributed by atoms with E-state index in [0.717, 1.165) is 0 Å². The summed E-state index contributed by atoms with van der Waals surface area (Å²) in [5.41, 5.74) is 0. The van der Waals surface area contributed by atoms with Crippen molar-refractivity contribution in [3.05, 3.63) is 5.82 Å². The number of hydrogen-bond donors (Lipinski definition) is 0. The van der Waals surface area contributed by atoms with Crippen molar-refractivity contribution in [1.29, 1.82) is 0 Å². The van der Waals surface area contributed by atoms with Crippen LogP contribution in [0.2, 0.25) is 0 Å². The molecular formula is C3H3ClHgN2O. The fourth-order valence-electron chi connectivity index (χ4n) is 0.394. The number of aromatic nitrogens is 2. The third kappa shape index (κ3) is 1.42. The van der Waals surface area contributed by atoms with Crippen molar-refractivity contribution in [2.75, 3.05) is 0 Å². The summed E-state index contributed by atoms with van der Waals surface area (Å²) in [6.45, 7) is 1.79. The maximum atomic E-state index is 5.57. The fraction of sp³-hybridized carbons (Fsp3) is 0.333. The van der Waals surface area contributed by atoms with Crippen molar-refractivity contribution < 1.29 is 27.9 Å². The molecule has 1 aromatic rings. The summed E-state index contributed by atoms with van der Waals surface area (Å²) < 4.78 is 5.42. The molecule has 5 heteroatoms. The average Bonchev–Trinajstić information content (AvgIpc) is 2.14. The molecule has 0 N–H and O–H groups in total. The molecule has 40 valence electrons. The second kappa shape index (κ2) is 2.78. The van der Waals surface area contributed by atoms with Crippen molar-refractivity contribution in [2.24, 2.45) is 0 Å². The van der Waals surface area contributed by atoms with Gasteiger partial charge in [-0.1, -0.05) is 0 Å². The molecule has 3 nitrogen and oxygen atoms in total. The van der Waals surface area contributed by atoms with Gasteiger partial charge in [0.05, 0.1) is 0 Å². The second-order valence-corrected chi connectivity index (χ2v) is 7.10. The molecule has 0 fully saturated rings. The third-order valence-corrected chi connectivity index (χ3v) is 4.70. The van der Waals surface area contributed by atoms with Gasteiger partial charge in [-0.25, -0.2) is 0 Å². The Labute approximate surface area is 62.3 Å². The molecule has 8 heavy (non-hydrogen) atoms. The topological polar surface area (TPSA) is 38.9 Å². The molecule has 0 aliphatic rings. The molecule has 0 saturated carbocycles. The van der Waals surface area contributed by atoms with Gasteiger partial charge < -0.3 is 0 Å². The Morgan fingerprint density at radius 3 is 2.75 bits per heavy atom. The zero-order valence-corrected chi connectivity index (χ0v) is 10.6. The Morgan fingerprint density at radius 1 is 1.75 bits per heavy atom. The number of rotatable bonds is 1. The number of hydrogen-bond acceptors (Lipinski definition) is 3. The van der Waals surface area contributed by atoms with Crippen molar-refractivity contribution in [3.63, 3.8) is 0 Å². The van der Waals surface area contributed by atoms with Gasteiger partial charge in [-0.2, -0.15) is 0 Å². The van der Waals surface area contributed by atoms with Crippen LogP contribution in [0.1, 0.15) is 5.82 Å². The van der Waals surface area contributed by atoms with Gasteiger partial charge >= 0.3 is 62.4 Å². The zero-order chi connectivity index (χ0) is 5.98. The van der Waals surface area contributed by atoms with E-state index in [-0.39, 0.29) is 0 Å². The predicted octanol–water partition coefficient (Wildman–Crippen LogP) is 0.240. The van der Waals surface area contributed by atoms with Crippen LogP contribution in [0.15, 0.2) is 4.52 Å². The van der Waals surface area contributed by atoms with Crippen LogP contribution in [0.3, 0.4) is 0 Å². The van der Waals surface area contributed by atoms with Gasteiger partial charge in [0.15, 0.2) is 0 Å². The first kappa shape index (κ1) is 6.48. The van der Waals surface area contributed by atoms with Crippen molar-refractivity contribution in [3.8, 4) is 0 Å². The van der Waals surface area contributed by atoms with Crippen LogP contribution in [-0.4, -0.2) is 10.1 Å². The third-order valence-electron chi connectivity index (χ3n) is 0.684. The summed E-state index contributed by atoms with van der Waals surface area (Å²) in [5, 5.41) is 3.57. The molecular weight excluding hydrogens is 316 g/mol. The SMILES string of the molecule is Cc1no[c]([Hg][Cl])n1. The zero-order valence-electron chi connectivity index (χ0n) is 4.39. The van der Waals surface area contributed by atoms with E-state index in [1.54, 1.807) is 6.92 Å². The van der Waals surface area contributed by atoms with Crippen LogP contribution in [0, 0.1) is 6.92 Å². The molecule has 1 aromatic heterocycles. The van der Waals surface area contributed by atoms with E-state index in [1.165, 1.54) is 0 Å². The molecule has 1 heterocycles. The van der Waals surface area contributed by atoms with E-state index >= 15 is 0 Å². The predicted molar refractivity (Wildman–Crippen MR) is 24.5 cm³/mol. The van der Waals surface area contributed by atoms with E-state index < -0.39 is 23.3 Å². The van der Waals surface area contributed by atoms with Gasteiger partial charge in [0.25, 0.3) is 0 Å². The fourth-order valence-corrected chi connectivity index (χ4v) is 2.91. The van der Waals surface area contributed by atoms with E-state index in [9.17, 15) is 0 Å². The normalized spacial score (nSPS) is 8.75. The standard InChI is InChI=1S/C3H3N2O.ClH.Hg/c1-3-4-2-6-5-3;;/h1H3;1H;/q;;+1/p-1. The summed E-state index contributed by atoms with van der Waals surface area (Å²) in [7, 11) is 5.57. The summed E-state index contributed by atoms with van der Waals surface area (Å²) in [6, 6.07) is 0. The van der Waals surface area contributed by atoms with Crippen LogP contribution in [0.4, 0.5) is 0 Å².